The van der Waals surface area contributed by atoms with Crippen molar-refractivity contribution in [1.29, 1.82) is 0 Å². The van der Waals surface area contributed by atoms with Crippen molar-refractivity contribution in [3.63, 3.8) is 0 Å². The van der Waals surface area contributed by atoms with Crippen LogP contribution in [-0.4, -0.2) is 45.7 Å². The Morgan fingerprint density at radius 3 is 2.73 bits per heavy atom. The summed E-state index contributed by atoms with van der Waals surface area (Å²) in [5.41, 5.74) is 4.38. The van der Waals surface area contributed by atoms with Crippen molar-refractivity contribution in [3.05, 3.63) is 47.2 Å². The maximum atomic E-state index is 13.5. The van der Waals surface area contributed by atoms with Crippen LogP contribution in [0.2, 0.25) is 0 Å². The summed E-state index contributed by atoms with van der Waals surface area (Å²) in [5, 5.41) is 4.02. The molecule has 1 saturated heterocycles. The molecule has 2 aliphatic heterocycles. The summed E-state index contributed by atoms with van der Waals surface area (Å²) in [7, 11) is 0. The number of hydrogen-bond donors (Lipinski definition) is 0. The summed E-state index contributed by atoms with van der Waals surface area (Å²) in [6, 6.07) is 6.44. The quantitative estimate of drug-likeness (QED) is 0.600. The molecule has 5 rings (SSSR count). The molecule has 0 saturated carbocycles. The topological polar surface area (TPSA) is 88.2 Å². The van der Waals surface area contributed by atoms with Gasteiger partial charge in [0.15, 0.2) is 5.82 Å². The molecule has 0 N–H and O–H groups in total. The van der Waals surface area contributed by atoms with Gasteiger partial charge < -0.3 is 14.3 Å². The van der Waals surface area contributed by atoms with E-state index < -0.39 is 0 Å². The van der Waals surface area contributed by atoms with Gasteiger partial charge in [-0.25, -0.2) is 9.97 Å². The number of amides is 1. The fraction of sp³-hybridized carbons (Fsp3) is 0.480. The summed E-state index contributed by atoms with van der Waals surface area (Å²) in [6.45, 7) is 8.29. The minimum absolute atomic E-state index is 0.0231. The van der Waals surface area contributed by atoms with Crippen LogP contribution in [0.25, 0.3) is 11.5 Å². The summed E-state index contributed by atoms with van der Waals surface area (Å²) in [6.07, 6.45) is 6.12. The molecule has 0 aliphatic carbocycles. The number of rotatable bonds is 4. The van der Waals surface area contributed by atoms with E-state index in [0.717, 1.165) is 62.4 Å². The first-order chi connectivity index (χ1) is 16.0. The van der Waals surface area contributed by atoms with Gasteiger partial charge in [0.1, 0.15) is 17.2 Å². The number of nitrogens with zero attached hydrogens (tertiary/aromatic N) is 6. The van der Waals surface area contributed by atoms with Crippen LogP contribution in [0.5, 0.6) is 0 Å². The molecular weight excluding hydrogens is 416 g/mol. The van der Waals surface area contributed by atoms with E-state index in [2.05, 4.69) is 45.1 Å². The molecule has 1 amide bonds. The molecule has 0 spiro atoms. The average molecular weight is 447 g/mol. The summed E-state index contributed by atoms with van der Waals surface area (Å²) >= 11 is 0. The summed E-state index contributed by atoms with van der Waals surface area (Å²) < 4.78 is 5.46. The number of carbonyl (C=O) groups excluding carboxylic acids is 1. The van der Waals surface area contributed by atoms with Crippen LogP contribution in [-0.2, 0) is 17.6 Å². The predicted octanol–water partition coefficient (Wildman–Crippen LogP) is 3.90. The smallest absolute Gasteiger partial charge is 0.263 e. The van der Waals surface area contributed by atoms with Gasteiger partial charge in [-0.05, 0) is 51.2 Å². The summed E-state index contributed by atoms with van der Waals surface area (Å²) in [4.78, 5) is 31.2. The highest BCUT2D eigenvalue weighted by Crippen LogP contribution is 2.34. The molecule has 0 atom stereocenters. The van der Waals surface area contributed by atoms with E-state index in [-0.39, 0.29) is 11.8 Å². The maximum absolute atomic E-state index is 13.5. The normalized spacial score (nSPS) is 16.7. The lowest BCUT2D eigenvalue weighted by atomic mass is 9.92. The SMILES string of the molecule is CCc1noc(-c2cnc(C)nc2N2CCC(C(=O)N3CCCc4cc(C)ccc43)CC2)n1. The highest BCUT2D eigenvalue weighted by molar-refractivity contribution is 5.96. The van der Waals surface area contributed by atoms with Gasteiger partial charge in [0.25, 0.3) is 5.89 Å². The number of benzene rings is 1. The largest absolute Gasteiger partial charge is 0.356 e. The molecule has 0 bridgehead atoms. The Hall–Kier alpha value is -3.29. The number of fused-ring (bicyclic) bond motifs is 1. The van der Waals surface area contributed by atoms with Crippen molar-refractivity contribution in [3.8, 4) is 11.5 Å². The molecule has 0 radical (unpaired) electrons. The van der Waals surface area contributed by atoms with Gasteiger partial charge in [-0.1, -0.05) is 29.8 Å². The molecule has 0 unspecified atom stereocenters. The first-order valence-corrected chi connectivity index (χ1v) is 11.9. The zero-order valence-corrected chi connectivity index (χ0v) is 19.5. The zero-order valence-electron chi connectivity index (χ0n) is 19.5. The van der Waals surface area contributed by atoms with E-state index in [9.17, 15) is 4.79 Å². The van der Waals surface area contributed by atoms with Gasteiger partial charge in [0.05, 0.1) is 0 Å². The molecule has 3 aromatic rings. The molecule has 2 aromatic heterocycles. The Kier molecular flexibility index (Phi) is 5.83. The first-order valence-electron chi connectivity index (χ1n) is 11.9. The Morgan fingerprint density at radius 2 is 1.97 bits per heavy atom. The molecule has 2 aliphatic rings. The van der Waals surface area contributed by atoms with E-state index in [1.165, 1.54) is 11.1 Å². The van der Waals surface area contributed by atoms with Crippen LogP contribution in [0.4, 0.5) is 11.5 Å². The highest BCUT2D eigenvalue weighted by atomic mass is 16.5. The first kappa shape index (κ1) is 21.6. The Balaban J connectivity index is 1.32. The average Bonchev–Trinajstić information content (AvgIpc) is 3.32. The Labute approximate surface area is 194 Å². The van der Waals surface area contributed by atoms with Crippen molar-refractivity contribution >= 4 is 17.4 Å². The lowest BCUT2D eigenvalue weighted by Crippen LogP contribution is -2.44. The van der Waals surface area contributed by atoms with Crippen LogP contribution in [0.1, 0.15) is 49.0 Å². The molecule has 8 nitrogen and oxygen atoms in total. The molecule has 172 valence electrons. The lowest BCUT2D eigenvalue weighted by molar-refractivity contribution is -0.123. The molecule has 1 fully saturated rings. The monoisotopic (exact) mass is 446 g/mol. The number of aromatic nitrogens is 4. The molecular formula is C25H30N6O2. The number of anilines is 2. The second-order valence-electron chi connectivity index (χ2n) is 9.01. The van der Waals surface area contributed by atoms with Crippen LogP contribution >= 0.6 is 0 Å². The molecule has 8 heteroatoms. The fourth-order valence-electron chi connectivity index (χ4n) is 4.87. The van der Waals surface area contributed by atoms with E-state index in [0.29, 0.717) is 24.0 Å². The van der Waals surface area contributed by atoms with E-state index in [1.807, 2.05) is 18.7 Å². The minimum atomic E-state index is 0.0231. The third kappa shape index (κ3) is 4.21. The van der Waals surface area contributed by atoms with E-state index in [4.69, 9.17) is 9.51 Å². The maximum Gasteiger partial charge on any atom is 0.263 e. The fourth-order valence-corrected chi connectivity index (χ4v) is 4.87. The lowest BCUT2D eigenvalue weighted by Gasteiger charge is -2.37. The standard InChI is InChI=1S/C25H30N6O2/c1-4-22-28-24(33-29-22)20-15-26-17(3)27-23(20)30-12-9-18(10-13-30)25(32)31-11-5-6-19-14-16(2)7-8-21(19)31/h7-8,14-15,18H,4-6,9-13H2,1-3H3. The van der Waals surface area contributed by atoms with Crippen LogP contribution < -0.4 is 9.80 Å². The molecule has 33 heavy (non-hydrogen) atoms. The van der Waals surface area contributed by atoms with Crippen LogP contribution in [0, 0.1) is 19.8 Å². The van der Waals surface area contributed by atoms with Crippen molar-refractivity contribution in [2.24, 2.45) is 5.92 Å². The van der Waals surface area contributed by atoms with Crippen molar-refractivity contribution in [2.45, 2.75) is 52.9 Å². The van der Waals surface area contributed by atoms with Gasteiger partial charge in [-0.15, -0.1) is 0 Å². The van der Waals surface area contributed by atoms with Crippen LogP contribution in [0.15, 0.2) is 28.9 Å². The number of carbonyl (C=O) groups is 1. The predicted molar refractivity (Wildman–Crippen MR) is 126 cm³/mol. The van der Waals surface area contributed by atoms with Crippen molar-refractivity contribution in [2.75, 3.05) is 29.4 Å². The van der Waals surface area contributed by atoms with Gasteiger partial charge in [0, 0.05) is 43.9 Å². The second kappa shape index (κ2) is 8.92. The van der Waals surface area contributed by atoms with Gasteiger partial charge in [-0.3, -0.25) is 4.79 Å². The van der Waals surface area contributed by atoms with Crippen molar-refractivity contribution in [1.82, 2.24) is 20.1 Å². The van der Waals surface area contributed by atoms with Gasteiger partial charge >= 0.3 is 0 Å². The minimum Gasteiger partial charge on any atom is -0.356 e. The highest BCUT2D eigenvalue weighted by Gasteiger charge is 2.33. The van der Waals surface area contributed by atoms with E-state index in [1.54, 1.807) is 6.20 Å². The Bertz CT molecular complexity index is 1170. The molecule has 1 aromatic carbocycles. The zero-order chi connectivity index (χ0) is 22.9. The summed E-state index contributed by atoms with van der Waals surface area (Å²) in [5.74, 6) is 2.89. The third-order valence-electron chi connectivity index (χ3n) is 6.67. The molecule has 4 heterocycles. The third-order valence-corrected chi connectivity index (χ3v) is 6.67. The van der Waals surface area contributed by atoms with Crippen LogP contribution in [0.3, 0.4) is 0 Å². The van der Waals surface area contributed by atoms with E-state index >= 15 is 0 Å². The number of aryl methyl sites for hydroxylation is 4. The Morgan fingerprint density at radius 1 is 1.15 bits per heavy atom. The number of hydrogen-bond acceptors (Lipinski definition) is 7. The number of piperidine rings is 1. The van der Waals surface area contributed by atoms with Gasteiger partial charge in [-0.2, -0.15) is 4.98 Å². The van der Waals surface area contributed by atoms with Crippen molar-refractivity contribution < 1.29 is 9.32 Å². The second-order valence-corrected chi connectivity index (χ2v) is 9.01. The van der Waals surface area contributed by atoms with Gasteiger partial charge in [0.2, 0.25) is 5.91 Å².